The number of hydrogen-bond donors (Lipinski definition) is 0. The molecule has 0 aromatic heterocycles. The van der Waals surface area contributed by atoms with E-state index in [-0.39, 0.29) is 11.2 Å². The molecule has 0 bridgehead atoms. The minimum atomic E-state index is 0.0228. The lowest BCUT2D eigenvalue weighted by Gasteiger charge is -2.33. The van der Waals surface area contributed by atoms with Crippen LogP contribution in [0.5, 0.6) is 0 Å². The second kappa shape index (κ2) is 5.31. The maximum Gasteiger partial charge on any atom is 0.0983 e. The van der Waals surface area contributed by atoms with Crippen LogP contribution in [0.15, 0.2) is 24.3 Å². The van der Waals surface area contributed by atoms with E-state index in [4.69, 9.17) is 9.47 Å². The van der Waals surface area contributed by atoms with Crippen molar-refractivity contribution >= 4 is 0 Å². The summed E-state index contributed by atoms with van der Waals surface area (Å²) in [4.78, 5) is 0. The van der Waals surface area contributed by atoms with E-state index in [1.54, 1.807) is 0 Å². The molecule has 2 heteroatoms. The number of ether oxygens (including phenoxy) is 2. The van der Waals surface area contributed by atoms with Gasteiger partial charge in [-0.25, -0.2) is 0 Å². The first-order valence-electron chi connectivity index (χ1n) is 8.24. The second-order valence-corrected chi connectivity index (χ2v) is 7.00. The lowest BCUT2D eigenvalue weighted by molar-refractivity contribution is 0.106. The minimum absolute atomic E-state index is 0.0228. The summed E-state index contributed by atoms with van der Waals surface area (Å²) in [5, 5.41) is 0. The quantitative estimate of drug-likeness (QED) is 0.408. The standard InChI is InChI=1S/C18H28O2/c1-4-5-6-7-8-9-16-17(3,20-16)15-12-14(2)10-11-18(15)13-19-18/h7-8,15-16H,2,4-6,9-13H2,1,3H3/b8-7+. The lowest BCUT2D eigenvalue weighted by Crippen LogP contribution is -2.40. The van der Waals surface area contributed by atoms with E-state index in [1.165, 1.54) is 24.8 Å². The SMILES string of the molecule is C=C1CCC2(CO2)C(C2(C)OC2C/C=C/CCCC)C1. The summed E-state index contributed by atoms with van der Waals surface area (Å²) in [6, 6.07) is 0. The summed E-state index contributed by atoms with van der Waals surface area (Å²) in [6.45, 7) is 9.65. The van der Waals surface area contributed by atoms with Crippen LogP contribution in [0.4, 0.5) is 0 Å². The number of rotatable bonds is 6. The molecule has 2 heterocycles. The van der Waals surface area contributed by atoms with Crippen LogP contribution in [0, 0.1) is 5.92 Å². The average molecular weight is 276 g/mol. The Hall–Kier alpha value is -0.600. The molecule has 2 nitrogen and oxygen atoms in total. The monoisotopic (exact) mass is 276 g/mol. The predicted octanol–water partition coefficient (Wildman–Crippen LogP) is 4.41. The summed E-state index contributed by atoms with van der Waals surface area (Å²) in [5.74, 6) is 0.519. The van der Waals surface area contributed by atoms with E-state index in [2.05, 4.69) is 32.6 Å². The number of epoxide rings is 2. The van der Waals surface area contributed by atoms with Crippen molar-refractivity contribution in [3.05, 3.63) is 24.3 Å². The normalized spacial score (nSPS) is 43.4. The van der Waals surface area contributed by atoms with E-state index in [9.17, 15) is 0 Å². The Labute approximate surface area is 123 Å². The molecule has 0 aromatic rings. The molecule has 0 radical (unpaired) electrons. The van der Waals surface area contributed by atoms with Crippen molar-refractivity contribution in [2.45, 2.75) is 76.1 Å². The highest BCUT2D eigenvalue weighted by Crippen LogP contribution is 2.59. The number of hydrogen-bond acceptors (Lipinski definition) is 2. The van der Waals surface area contributed by atoms with Gasteiger partial charge < -0.3 is 9.47 Å². The number of unbranched alkanes of at least 4 members (excludes halogenated alkanes) is 2. The van der Waals surface area contributed by atoms with Gasteiger partial charge in [-0.1, -0.05) is 44.1 Å². The molecule has 0 aromatic carbocycles. The molecule has 3 aliphatic rings. The first kappa shape index (κ1) is 14.3. The minimum Gasteiger partial charge on any atom is -0.369 e. The first-order chi connectivity index (χ1) is 9.61. The zero-order valence-electron chi connectivity index (χ0n) is 13.0. The van der Waals surface area contributed by atoms with E-state index in [0.717, 1.165) is 32.3 Å². The van der Waals surface area contributed by atoms with E-state index < -0.39 is 0 Å². The van der Waals surface area contributed by atoms with E-state index in [1.807, 2.05) is 0 Å². The summed E-state index contributed by atoms with van der Waals surface area (Å²) in [5.41, 5.74) is 1.54. The van der Waals surface area contributed by atoms with Crippen LogP contribution in [0.2, 0.25) is 0 Å². The Balaban J connectivity index is 1.55. The highest BCUT2D eigenvalue weighted by Gasteiger charge is 2.67. The van der Waals surface area contributed by atoms with Crippen LogP contribution in [0.25, 0.3) is 0 Å². The van der Waals surface area contributed by atoms with Gasteiger partial charge in [0.25, 0.3) is 0 Å². The zero-order chi connectivity index (χ0) is 14.2. The Morgan fingerprint density at radius 3 is 2.90 bits per heavy atom. The van der Waals surface area contributed by atoms with Gasteiger partial charge in [-0.15, -0.1) is 0 Å². The Bertz CT molecular complexity index is 408. The first-order valence-corrected chi connectivity index (χ1v) is 8.24. The van der Waals surface area contributed by atoms with Gasteiger partial charge in [0.15, 0.2) is 0 Å². The molecule has 1 spiro atoms. The lowest BCUT2D eigenvalue weighted by atomic mass is 9.70. The van der Waals surface area contributed by atoms with Gasteiger partial charge in [0.05, 0.1) is 23.9 Å². The molecule has 20 heavy (non-hydrogen) atoms. The Kier molecular flexibility index (Phi) is 3.81. The van der Waals surface area contributed by atoms with Gasteiger partial charge in [0.2, 0.25) is 0 Å². The second-order valence-electron chi connectivity index (χ2n) is 7.00. The maximum absolute atomic E-state index is 6.10. The van der Waals surface area contributed by atoms with E-state index >= 15 is 0 Å². The molecule has 2 aliphatic heterocycles. The average Bonchev–Trinajstić information content (AvgIpc) is 3.32. The molecule has 0 amide bonds. The predicted molar refractivity (Wildman–Crippen MR) is 81.7 cm³/mol. The summed E-state index contributed by atoms with van der Waals surface area (Å²) in [6.07, 6.45) is 13.2. The molecule has 1 aliphatic carbocycles. The van der Waals surface area contributed by atoms with Gasteiger partial charge in [-0.2, -0.15) is 0 Å². The van der Waals surface area contributed by atoms with Crippen molar-refractivity contribution in [3.63, 3.8) is 0 Å². The van der Waals surface area contributed by atoms with Crippen LogP contribution in [0.1, 0.15) is 58.8 Å². The molecule has 2 saturated heterocycles. The van der Waals surface area contributed by atoms with Crippen molar-refractivity contribution in [2.24, 2.45) is 5.92 Å². The molecule has 112 valence electrons. The van der Waals surface area contributed by atoms with Crippen LogP contribution in [-0.4, -0.2) is 23.9 Å². The smallest absolute Gasteiger partial charge is 0.0983 e. The van der Waals surface area contributed by atoms with Crippen molar-refractivity contribution < 1.29 is 9.47 Å². The third-order valence-corrected chi connectivity index (χ3v) is 5.46. The summed E-state index contributed by atoms with van der Waals surface area (Å²) in [7, 11) is 0. The molecule has 4 atom stereocenters. The van der Waals surface area contributed by atoms with E-state index in [0.29, 0.717) is 12.0 Å². The molecular weight excluding hydrogens is 248 g/mol. The number of allylic oxidation sites excluding steroid dienone is 2. The fourth-order valence-corrected chi connectivity index (χ4v) is 3.82. The van der Waals surface area contributed by atoms with Gasteiger partial charge in [0.1, 0.15) is 0 Å². The van der Waals surface area contributed by atoms with Gasteiger partial charge in [-0.05, 0) is 39.0 Å². The Morgan fingerprint density at radius 2 is 2.20 bits per heavy atom. The van der Waals surface area contributed by atoms with Crippen molar-refractivity contribution in [2.75, 3.05) is 6.61 Å². The van der Waals surface area contributed by atoms with Crippen molar-refractivity contribution in [1.82, 2.24) is 0 Å². The molecule has 3 rings (SSSR count). The fourth-order valence-electron chi connectivity index (χ4n) is 3.82. The third-order valence-electron chi connectivity index (χ3n) is 5.46. The van der Waals surface area contributed by atoms with Crippen LogP contribution >= 0.6 is 0 Å². The molecular formula is C18H28O2. The van der Waals surface area contributed by atoms with Gasteiger partial charge in [-0.3, -0.25) is 0 Å². The topological polar surface area (TPSA) is 25.1 Å². The van der Waals surface area contributed by atoms with Crippen LogP contribution in [0.3, 0.4) is 0 Å². The maximum atomic E-state index is 6.10. The van der Waals surface area contributed by atoms with Crippen LogP contribution < -0.4 is 0 Å². The fraction of sp³-hybridized carbons (Fsp3) is 0.778. The van der Waals surface area contributed by atoms with Crippen molar-refractivity contribution in [1.29, 1.82) is 0 Å². The highest BCUT2D eigenvalue weighted by atomic mass is 16.6. The molecule has 1 saturated carbocycles. The van der Waals surface area contributed by atoms with Gasteiger partial charge in [0, 0.05) is 5.92 Å². The molecule has 0 N–H and O–H groups in total. The summed E-state index contributed by atoms with van der Waals surface area (Å²) < 4.78 is 11.9. The van der Waals surface area contributed by atoms with Gasteiger partial charge >= 0.3 is 0 Å². The largest absolute Gasteiger partial charge is 0.369 e. The molecule has 3 fully saturated rings. The zero-order valence-corrected chi connectivity index (χ0v) is 13.0. The van der Waals surface area contributed by atoms with Crippen LogP contribution in [-0.2, 0) is 9.47 Å². The highest BCUT2D eigenvalue weighted by molar-refractivity contribution is 5.22. The Morgan fingerprint density at radius 1 is 1.40 bits per heavy atom. The third kappa shape index (κ3) is 2.60. The summed E-state index contributed by atoms with van der Waals surface area (Å²) >= 11 is 0. The van der Waals surface area contributed by atoms with Crippen molar-refractivity contribution in [3.8, 4) is 0 Å². The molecule has 4 unspecified atom stereocenters.